The first-order chi connectivity index (χ1) is 12.6. The van der Waals surface area contributed by atoms with Crippen LogP contribution in [0.1, 0.15) is 28.9 Å². The Hall–Kier alpha value is -2.32. The summed E-state index contributed by atoms with van der Waals surface area (Å²) >= 11 is 0. The number of piperidine rings is 1. The Morgan fingerprint density at radius 1 is 1.42 bits per heavy atom. The van der Waals surface area contributed by atoms with E-state index in [1.807, 2.05) is 12.1 Å². The van der Waals surface area contributed by atoms with Gasteiger partial charge in [-0.1, -0.05) is 23.4 Å². The van der Waals surface area contributed by atoms with E-state index in [4.69, 9.17) is 5.73 Å². The molecule has 1 fully saturated rings. The van der Waals surface area contributed by atoms with Crippen molar-refractivity contribution >= 4 is 5.91 Å². The Labute approximate surface area is 152 Å². The quantitative estimate of drug-likeness (QED) is 0.835. The second-order valence-corrected chi connectivity index (χ2v) is 6.69. The molecule has 2 N–H and O–H groups in total. The SMILES string of the molecule is CN(C(=O)c1cn(CCN)nn1)[C@H]1CCCN(Cc2ccccc2F)C1. The van der Waals surface area contributed by atoms with Crippen LogP contribution in [-0.2, 0) is 13.1 Å². The molecule has 0 bridgehead atoms. The van der Waals surface area contributed by atoms with Crippen molar-refractivity contribution in [3.63, 3.8) is 0 Å². The van der Waals surface area contributed by atoms with Gasteiger partial charge in [0.2, 0.25) is 0 Å². The van der Waals surface area contributed by atoms with Crippen molar-refractivity contribution in [2.75, 3.05) is 26.7 Å². The minimum absolute atomic E-state index is 0.0719. The van der Waals surface area contributed by atoms with Crippen LogP contribution in [0.3, 0.4) is 0 Å². The molecule has 8 heteroatoms. The van der Waals surface area contributed by atoms with E-state index in [2.05, 4.69) is 15.2 Å². The Kier molecular flexibility index (Phi) is 5.95. The number of aromatic nitrogens is 3. The minimum atomic E-state index is -0.185. The summed E-state index contributed by atoms with van der Waals surface area (Å²) in [5, 5.41) is 7.87. The lowest BCUT2D eigenvalue weighted by molar-refractivity contribution is 0.0602. The summed E-state index contributed by atoms with van der Waals surface area (Å²) in [6.45, 7) is 3.15. The Bertz CT molecular complexity index is 749. The second kappa shape index (κ2) is 8.37. The van der Waals surface area contributed by atoms with Crippen LogP contribution < -0.4 is 5.73 Å². The molecule has 0 radical (unpaired) electrons. The highest BCUT2D eigenvalue weighted by molar-refractivity contribution is 5.92. The highest BCUT2D eigenvalue weighted by Crippen LogP contribution is 2.19. The maximum Gasteiger partial charge on any atom is 0.276 e. The summed E-state index contributed by atoms with van der Waals surface area (Å²) in [5.41, 5.74) is 6.51. The molecule has 140 valence electrons. The van der Waals surface area contributed by atoms with Crippen LogP contribution in [0.5, 0.6) is 0 Å². The summed E-state index contributed by atoms with van der Waals surface area (Å²) in [7, 11) is 1.79. The van der Waals surface area contributed by atoms with Crippen molar-refractivity contribution in [1.29, 1.82) is 0 Å². The maximum atomic E-state index is 13.9. The third-order valence-electron chi connectivity index (χ3n) is 4.82. The Morgan fingerprint density at radius 3 is 3.00 bits per heavy atom. The number of nitrogens with two attached hydrogens (primary N) is 1. The van der Waals surface area contributed by atoms with E-state index in [9.17, 15) is 9.18 Å². The van der Waals surface area contributed by atoms with E-state index in [0.29, 0.717) is 37.4 Å². The highest BCUT2D eigenvalue weighted by atomic mass is 19.1. The van der Waals surface area contributed by atoms with E-state index >= 15 is 0 Å². The summed E-state index contributed by atoms with van der Waals surface area (Å²) in [5.74, 6) is -0.332. The van der Waals surface area contributed by atoms with Crippen molar-refractivity contribution in [2.24, 2.45) is 5.73 Å². The monoisotopic (exact) mass is 360 g/mol. The fourth-order valence-electron chi connectivity index (χ4n) is 3.34. The van der Waals surface area contributed by atoms with Gasteiger partial charge in [-0.15, -0.1) is 5.10 Å². The molecule has 0 spiro atoms. The van der Waals surface area contributed by atoms with Gasteiger partial charge in [-0.25, -0.2) is 4.39 Å². The maximum absolute atomic E-state index is 13.9. The zero-order valence-corrected chi connectivity index (χ0v) is 15.0. The molecule has 1 aromatic carbocycles. The third kappa shape index (κ3) is 4.25. The van der Waals surface area contributed by atoms with Gasteiger partial charge in [0.05, 0.1) is 12.7 Å². The van der Waals surface area contributed by atoms with Crippen LogP contribution in [0.4, 0.5) is 4.39 Å². The number of rotatable bonds is 6. The first kappa shape index (κ1) is 18.5. The average molecular weight is 360 g/mol. The van der Waals surface area contributed by atoms with Crippen LogP contribution in [0.2, 0.25) is 0 Å². The minimum Gasteiger partial charge on any atom is -0.336 e. The molecule has 3 rings (SSSR count). The summed E-state index contributed by atoms with van der Waals surface area (Å²) in [6.07, 6.45) is 3.52. The van der Waals surface area contributed by atoms with Crippen molar-refractivity contribution < 1.29 is 9.18 Å². The van der Waals surface area contributed by atoms with Gasteiger partial charge in [0.15, 0.2) is 5.69 Å². The summed E-state index contributed by atoms with van der Waals surface area (Å²) < 4.78 is 15.5. The topological polar surface area (TPSA) is 80.3 Å². The second-order valence-electron chi connectivity index (χ2n) is 6.69. The van der Waals surface area contributed by atoms with Crippen LogP contribution in [-0.4, -0.2) is 63.4 Å². The number of nitrogens with zero attached hydrogens (tertiary/aromatic N) is 5. The average Bonchev–Trinajstić information content (AvgIpc) is 3.12. The summed E-state index contributed by atoms with van der Waals surface area (Å²) in [4.78, 5) is 16.6. The van der Waals surface area contributed by atoms with Crippen molar-refractivity contribution in [1.82, 2.24) is 24.8 Å². The fraction of sp³-hybridized carbons (Fsp3) is 0.500. The molecule has 1 atom stereocenters. The fourth-order valence-corrected chi connectivity index (χ4v) is 3.34. The molecule has 0 unspecified atom stereocenters. The molecular formula is C18H25FN6O. The predicted molar refractivity (Wildman–Crippen MR) is 95.9 cm³/mol. The molecule has 7 nitrogen and oxygen atoms in total. The molecule has 2 aromatic rings. The first-order valence-corrected chi connectivity index (χ1v) is 8.91. The van der Waals surface area contributed by atoms with Gasteiger partial charge < -0.3 is 10.6 Å². The molecule has 1 amide bonds. The number of hydrogen-bond donors (Lipinski definition) is 1. The Balaban J connectivity index is 1.62. The molecule has 0 saturated carbocycles. The van der Waals surface area contributed by atoms with Gasteiger partial charge in [-0.2, -0.15) is 0 Å². The standard InChI is InChI=1S/C18H25FN6O/c1-23(18(26)17-13-25(10-8-20)22-21-17)15-6-4-9-24(12-15)11-14-5-2-3-7-16(14)19/h2-3,5,7,13,15H,4,6,8-12,20H2,1H3/t15-/m0/s1. The molecular weight excluding hydrogens is 335 g/mol. The van der Waals surface area contributed by atoms with Crippen LogP contribution >= 0.6 is 0 Å². The van der Waals surface area contributed by atoms with Crippen LogP contribution in [0.25, 0.3) is 0 Å². The molecule has 1 saturated heterocycles. The van der Waals surface area contributed by atoms with Gasteiger partial charge in [-0.05, 0) is 25.5 Å². The normalized spacial score (nSPS) is 18.0. The zero-order valence-electron chi connectivity index (χ0n) is 15.0. The van der Waals surface area contributed by atoms with Gasteiger partial charge in [0.1, 0.15) is 5.82 Å². The molecule has 1 aliphatic heterocycles. The number of likely N-dealkylation sites (N-methyl/N-ethyl adjacent to an activating group) is 1. The first-order valence-electron chi connectivity index (χ1n) is 8.91. The lowest BCUT2D eigenvalue weighted by Gasteiger charge is -2.37. The smallest absolute Gasteiger partial charge is 0.276 e. The molecule has 1 aromatic heterocycles. The largest absolute Gasteiger partial charge is 0.336 e. The highest BCUT2D eigenvalue weighted by Gasteiger charge is 2.28. The van der Waals surface area contributed by atoms with Gasteiger partial charge in [0.25, 0.3) is 5.91 Å². The number of hydrogen-bond acceptors (Lipinski definition) is 5. The third-order valence-corrected chi connectivity index (χ3v) is 4.82. The lowest BCUT2D eigenvalue weighted by atomic mass is 10.0. The van der Waals surface area contributed by atoms with E-state index in [0.717, 1.165) is 19.4 Å². The van der Waals surface area contributed by atoms with E-state index in [1.54, 1.807) is 28.9 Å². The molecule has 1 aliphatic rings. The van der Waals surface area contributed by atoms with E-state index in [1.165, 1.54) is 6.07 Å². The van der Waals surface area contributed by atoms with E-state index in [-0.39, 0.29) is 17.8 Å². The number of carbonyl (C=O) groups is 1. The van der Waals surface area contributed by atoms with Gasteiger partial charge in [0, 0.05) is 38.3 Å². The number of halogens is 1. The lowest BCUT2D eigenvalue weighted by Crippen LogP contribution is -2.48. The van der Waals surface area contributed by atoms with Crippen molar-refractivity contribution in [3.05, 3.63) is 47.5 Å². The van der Waals surface area contributed by atoms with Crippen LogP contribution in [0, 0.1) is 5.82 Å². The molecule has 0 aliphatic carbocycles. The van der Waals surface area contributed by atoms with Gasteiger partial charge in [-0.3, -0.25) is 14.4 Å². The predicted octanol–water partition coefficient (Wildman–Crippen LogP) is 1.11. The Morgan fingerprint density at radius 2 is 2.23 bits per heavy atom. The van der Waals surface area contributed by atoms with Crippen molar-refractivity contribution in [2.45, 2.75) is 32.0 Å². The molecule has 2 heterocycles. The number of benzene rings is 1. The number of carbonyl (C=O) groups excluding carboxylic acids is 1. The van der Waals surface area contributed by atoms with Gasteiger partial charge >= 0.3 is 0 Å². The van der Waals surface area contributed by atoms with E-state index < -0.39 is 0 Å². The number of amides is 1. The zero-order chi connectivity index (χ0) is 18.5. The van der Waals surface area contributed by atoms with Crippen molar-refractivity contribution in [3.8, 4) is 0 Å². The molecule has 26 heavy (non-hydrogen) atoms. The number of likely N-dealkylation sites (tertiary alicyclic amines) is 1. The summed E-state index contributed by atoms with van der Waals surface area (Å²) in [6, 6.07) is 6.91. The van der Waals surface area contributed by atoms with Crippen LogP contribution in [0.15, 0.2) is 30.5 Å².